The van der Waals surface area contributed by atoms with E-state index in [1.807, 2.05) is 6.92 Å². The third-order valence-corrected chi connectivity index (χ3v) is 3.53. The number of hydrogen-bond donors (Lipinski definition) is 2. The molecule has 0 aromatic carbocycles. The van der Waals surface area contributed by atoms with E-state index in [9.17, 15) is 0 Å². The Morgan fingerprint density at radius 1 is 1.50 bits per heavy atom. The maximum atomic E-state index is 8.86. The number of nitrogens with zero attached hydrogens (tertiary/aromatic N) is 3. The molecule has 0 fully saturated rings. The second kappa shape index (κ2) is 7.77. The number of aryl methyl sites for hydroxylation is 2. The molecule has 0 bridgehead atoms. The van der Waals surface area contributed by atoms with Gasteiger partial charge in [-0.2, -0.15) is 5.10 Å². The minimum Gasteiger partial charge on any atom is -0.477 e. The molecule has 0 aliphatic carbocycles. The van der Waals surface area contributed by atoms with Crippen molar-refractivity contribution in [1.29, 1.82) is 0 Å². The standard InChI is InChI=1S/C14H26N4O2/c1-5-7-8-11(6-2)9-20-14-12(13(15)17-19)10(3)16-18(14)4/h11,19H,5-9H2,1-4H3,(H2,15,17). The third-order valence-electron chi connectivity index (χ3n) is 3.53. The predicted molar refractivity (Wildman–Crippen MR) is 79.3 cm³/mol. The number of rotatable bonds is 8. The molecule has 0 amide bonds. The minimum atomic E-state index is 0.0345. The van der Waals surface area contributed by atoms with E-state index < -0.39 is 0 Å². The van der Waals surface area contributed by atoms with Crippen LogP contribution in [0.15, 0.2) is 5.16 Å². The van der Waals surface area contributed by atoms with E-state index >= 15 is 0 Å². The molecular formula is C14H26N4O2. The summed E-state index contributed by atoms with van der Waals surface area (Å²) in [6, 6.07) is 0. The summed E-state index contributed by atoms with van der Waals surface area (Å²) in [4.78, 5) is 0. The first-order valence-corrected chi connectivity index (χ1v) is 7.19. The average Bonchev–Trinajstić information content (AvgIpc) is 2.72. The molecule has 3 N–H and O–H groups in total. The third kappa shape index (κ3) is 3.88. The van der Waals surface area contributed by atoms with Gasteiger partial charge < -0.3 is 15.7 Å². The largest absolute Gasteiger partial charge is 0.477 e. The molecule has 0 radical (unpaired) electrons. The van der Waals surface area contributed by atoms with Crippen LogP contribution in [0, 0.1) is 12.8 Å². The number of ether oxygens (including phenoxy) is 1. The van der Waals surface area contributed by atoms with Gasteiger partial charge in [0.15, 0.2) is 5.84 Å². The molecule has 0 saturated carbocycles. The van der Waals surface area contributed by atoms with Crippen molar-refractivity contribution < 1.29 is 9.94 Å². The van der Waals surface area contributed by atoms with Gasteiger partial charge in [0, 0.05) is 7.05 Å². The highest BCUT2D eigenvalue weighted by atomic mass is 16.5. The zero-order valence-electron chi connectivity index (χ0n) is 12.9. The van der Waals surface area contributed by atoms with E-state index in [0.29, 0.717) is 29.7 Å². The SMILES string of the molecule is CCCCC(CC)COc1c(C(N)=NO)c(C)nn1C. The summed E-state index contributed by atoms with van der Waals surface area (Å²) >= 11 is 0. The molecule has 1 aromatic heterocycles. The Kier molecular flexibility index (Phi) is 6.35. The maximum absolute atomic E-state index is 8.86. The molecule has 1 aromatic rings. The van der Waals surface area contributed by atoms with E-state index in [0.717, 1.165) is 12.8 Å². The molecule has 0 aliphatic heterocycles. The second-order valence-corrected chi connectivity index (χ2v) is 5.10. The molecular weight excluding hydrogens is 256 g/mol. The lowest BCUT2D eigenvalue weighted by molar-refractivity contribution is 0.217. The Balaban J connectivity index is 2.81. The number of amidine groups is 1. The number of aromatic nitrogens is 2. The predicted octanol–water partition coefficient (Wildman–Crippen LogP) is 2.42. The fraction of sp³-hybridized carbons (Fsp3) is 0.714. The van der Waals surface area contributed by atoms with E-state index in [-0.39, 0.29) is 5.84 Å². The Bertz CT molecular complexity index is 454. The van der Waals surface area contributed by atoms with Gasteiger partial charge in [-0.25, -0.2) is 4.68 Å². The quantitative estimate of drug-likeness (QED) is 0.332. The minimum absolute atomic E-state index is 0.0345. The lowest BCUT2D eigenvalue weighted by Gasteiger charge is -2.16. The molecule has 20 heavy (non-hydrogen) atoms. The highest BCUT2D eigenvalue weighted by Gasteiger charge is 2.19. The van der Waals surface area contributed by atoms with Crippen LogP contribution in [0.25, 0.3) is 0 Å². The number of oxime groups is 1. The van der Waals surface area contributed by atoms with Crippen LogP contribution in [0.2, 0.25) is 0 Å². The molecule has 1 atom stereocenters. The molecule has 1 rings (SSSR count). The van der Waals surface area contributed by atoms with Crippen LogP contribution < -0.4 is 10.5 Å². The Morgan fingerprint density at radius 3 is 2.75 bits per heavy atom. The molecule has 0 aliphatic rings. The van der Waals surface area contributed by atoms with Gasteiger partial charge in [0.2, 0.25) is 5.88 Å². The van der Waals surface area contributed by atoms with Crippen molar-refractivity contribution in [2.24, 2.45) is 23.9 Å². The maximum Gasteiger partial charge on any atom is 0.223 e. The van der Waals surface area contributed by atoms with Crippen molar-refractivity contribution in [3.05, 3.63) is 11.3 Å². The summed E-state index contributed by atoms with van der Waals surface area (Å²) in [6.07, 6.45) is 4.63. The van der Waals surface area contributed by atoms with Crippen molar-refractivity contribution in [1.82, 2.24) is 9.78 Å². The van der Waals surface area contributed by atoms with E-state index in [1.54, 1.807) is 11.7 Å². The fourth-order valence-electron chi connectivity index (χ4n) is 2.24. The molecule has 0 spiro atoms. The van der Waals surface area contributed by atoms with Gasteiger partial charge >= 0.3 is 0 Å². The molecule has 1 unspecified atom stereocenters. The highest BCUT2D eigenvalue weighted by molar-refractivity contribution is 6.00. The van der Waals surface area contributed by atoms with Crippen molar-refractivity contribution >= 4 is 5.84 Å². The second-order valence-electron chi connectivity index (χ2n) is 5.10. The molecule has 1 heterocycles. The molecule has 6 heteroatoms. The van der Waals surface area contributed by atoms with Crippen LogP contribution >= 0.6 is 0 Å². The zero-order chi connectivity index (χ0) is 15.1. The smallest absolute Gasteiger partial charge is 0.223 e. The normalized spacial score (nSPS) is 13.5. The van der Waals surface area contributed by atoms with Gasteiger partial charge in [0.1, 0.15) is 5.56 Å². The van der Waals surface area contributed by atoms with E-state index in [4.69, 9.17) is 15.7 Å². The number of nitrogens with two attached hydrogens (primary N) is 1. The highest BCUT2D eigenvalue weighted by Crippen LogP contribution is 2.23. The Morgan fingerprint density at radius 2 is 2.20 bits per heavy atom. The van der Waals surface area contributed by atoms with Crippen LogP contribution in [0.4, 0.5) is 0 Å². The van der Waals surface area contributed by atoms with E-state index in [2.05, 4.69) is 24.1 Å². The summed E-state index contributed by atoms with van der Waals surface area (Å²) in [5, 5.41) is 16.2. The first-order chi connectivity index (χ1) is 9.54. The Labute approximate surface area is 120 Å². The molecule has 114 valence electrons. The van der Waals surface area contributed by atoms with Gasteiger partial charge in [0.25, 0.3) is 0 Å². The topological polar surface area (TPSA) is 85.7 Å². The monoisotopic (exact) mass is 282 g/mol. The van der Waals surface area contributed by atoms with Gasteiger partial charge in [-0.15, -0.1) is 0 Å². The number of unbranched alkanes of at least 4 members (excludes halogenated alkanes) is 1. The van der Waals surface area contributed by atoms with Crippen LogP contribution in [-0.4, -0.2) is 27.4 Å². The summed E-state index contributed by atoms with van der Waals surface area (Å²) in [6.45, 7) is 6.80. The van der Waals surface area contributed by atoms with Crippen LogP contribution in [0.5, 0.6) is 5.88 Å². The summed E-state index contributed by atoms with van der Waals surface area (Å²) in [5.41, 5.74) is 6.96. The summed E-state index contributed by atoms with van der Waals surface area (Å²) in [7, 11) is 1.80. The van der Waals surface area contributed by atoms with Crippen LogP contribution in [0.3, 0.4) is 0 Å². The fourth-order valence-corrected chi connectivity index (χ4v) is 2.24. The summed E-state index contributed by atoms with van der Waals surface area (Å²) in [5.74, 6) is 1.12. The van der Waals surface area contributed by atoms with Crippen molar-refractivity contribution in [2.45, 2.75) is 46.5 Å². The van der Waals surface area contributed by atoms with Gasteiger partial charge in [-0.05, 0) is 19.3 Å². The van der Waals surface area contributed by atoms with Gasteiger partial charge in [0.05, 0.1) is 12.3 Å². The van der Waals surface area contributed by atoms with E-state index in [1.165, 1.54) is 12.8 Å². The Hall–Kier alpha value is -1.72. The number of hydrogen-bond acceptors (Lipinski definition) is 4. The summed E-state index contributed by atoms with van der Waals surface area (Å²) < 4.78 is 7.52. The lowest BCUT2D eigenvalue weighted by atomic mass is 10.0. The average molecular weight is 282 g/mol. The van der Waals surface area contributed by atoms with Crippen molar-refractivity contribution in [2.75, 3.05) is 6.61 Å². The first kappa shape index (κ1) is 16.3. The zero-order valence-corrected chi connectivity index (χ0v) is 12.9. The van der Waals surface area contributed by atoms with Gasteiger partial charge in [-0.1, -0.05) is 38.3 Å². The molecule has 6 nitrogen and oxygen atoms in total. The van der Waals surface area contributed by atoms with Gasteiger partial charge in [-0.3, -0.25) is 0 Å². The molecule has 0 saturated heterocycles. The lowest BCUT2D eigenvalue weighted by Crippen LogP contribution is -2.18. The van der Waals surface area contributed by atoms with Crippen LogP contribution in [0.1, 0.15) is 50.8 Å². The van der Waals surface area contributed by atoms with Crippen molar-refractivity contribution in [3.8, 4) is 5.88 Å². The first-order valence-electron chi connectivity index (χ1n) is 7.19. The van der Waals surface area contributed by atoms with Crippen molar-refractivity contribution in [3.63, 3.8) is 0 Å². The van der Waals surface area contributed by atoms with Crippen LogP contribution in [-0.2, 0) is 7.05 Å².